The summed E-state index contributed by atoms with van der Waals surface area (Å²) in [7, 11) is 7.16. The molecule has 0 unspecified atom stereocenters. The van der Waals surface area contributed by atoms with Gasteiger partial charge in [0.25, 0.3) is 5.91 Å². The van der Waals surface area contributed by atoms with E-state index < -0.39 is 41.3 Å². The third-order valence-electron chi connectivity index (χ3n) is 13.0. The van der Waals surface area contributed by atoms with Crippen LogP contribution in [0.1, 0.15) is 83.2 Å². The number of likely N-dealkylation sites (N-methyl/N-ethyl adjacent to an activating group) is 3. The fourth-order valence-corrected chi connectivity index (χ4v) is 10.3. The molecule has 3 aliphatic heterocycles. The number of hydrazine groups is 1. The number of amides is 4. The van der Waals surface area contributed by atoms with Crippen LogP contribution in [0.25, 0.3) is 33.4 Å². The number of likely N-dealkylation sites (tertiary alicyclic amines) is 1. The summed E-state index contributed by atoms with van der Waals surface area (Å²) >= 11 is 1.43. The Labute approximate surface area is 375 Å². The number of carbonyl (C=O) groups excluding carboxylic acids is 4. The second kappa shape index (κ2) is 19.1. The summed E-state index contributed by atoms with van der Waals surface area (Å²) in [4.78, 5) is 72.0. The number of hydrogen-bond donors (Lipinski definition) is 2. The van der Waals surface area contributed by atoms with Gasteiger partial charge in [0.1, 0.15) is 18.1 Å². The van der Waals surface area contributed by atoms with Crippen LogP contribution in [0, 0.1) is 11.3 Å². The molecule has 0 spiro atoms. The SMILES string of the molecule is CCn1c(-c2cccnc2[C@H](C)OC)c2c3cc(ccc31)-c1csc(n1)C[C@H](NC(=O)[C@H](C(C)C)N(C)C(=O)N(C)[C@@H]1CCN(C)C1)C(=O)N1CCC[C@H](N1)C(=O)OCC(C)(C)C2. The minimum Gasteiger partial charge on any atom is -0.464 e. The number of carbonyl (C=O) groups is 4. The van der Waals surface area contributed by atoms with Crippen LogP contribution in [0.2, 0.25) is 0 Å². The van der Waals surface area contributed by atoms with Crippen LogP contribution in [0.4, 0.5) is 4.79 Å². The number of esters is 1. The number of aryl methyl sites for hydroxylation is 1. The van der Waals surface area contributed by atoms with Gasteiger partial charge in [-0.2, -0.15) is 0 Å². The molecule has 6 bridgehead atoms. The van der Waals surface area contributed by atoms with Crippen LogP contribution in [-0.2, 0) is 43.2 Å². The summed E-state index contributed by atoms with van der Waals surface area (Å²) in [5.74, 6) is -1.52. The molecule has 3 aromatic heterocycles. The Balaban J connectivity index is 1.28. The van der Waals surface area contributed by atoms with Crippen molar-refractivity contribution in [2.24, 2.45) is 11.3 Å². The van der Waals surface area contributed by atoms with Crippen molar-refractivity contribution in [3.05, 3.63) is 58.2 Å². The average Bonchev–Trinajstić information content (AvgIpc) is 4.01. The molecule has 63 heavy (non-hydrogen) atoms. The van der Waals surface area contributed by atoms with E-state index in [0.29, 0.717) is 37.4 Å². The zero-order chi connectivity index (χ0) is 45.3. The highest BCUT2D eigenvalue weighted by molar-refractivity contribution is 7.10. The Morgan fingerprint density at radius 1 is 1.13 bits per heavy atom. The standard InChI is InChI=1S/C47H65N9O6S/c1-11-55-38-17-16-30-22-33(38)34(42(55)32-14-12-19-48-40(32)29(4)61-10)24-47(5,6)27-62-45(59)35-15-13-20-56(51-35)44(58)36(23-39-49-37(30)26-63-39)50-43(57)41(28(2)3)54(9)46(60)53(8)31-18-21-52(7)25-31/h12,14,16-17,19,22,26,28-29,31,35-36,41,51H,11,13,15,18,20-21,23-25,27H2,1-10H3,(H,50,57)/t29-,31+,35-,36-,41-/m0/s1. The molecule has 4 amide bonds. The van der Waals surface area contributed by atoms with E-state index >= 15 is 0 Å². The maximum absolute atomic E-state index is 14.6. The normalized spacial score (nSPS) is 21.8. The largest absolute Gasteiger partial charge is 0.464 e. The Morgan fingerprint density at radius 2 is 1.90 bits per heavy atom. The first-order chi connectivity index (χ1) is 30.0. The molecule has 6 heterocycles. The quantitative estimate of drug-likeness (QED) is 0.194. The summed E-state index contributed by atoms with van der Waals surface area (Å²) in [6.07, 6.45) is 4.16. The third kappa shape index (κ3) is 9.64. The highest BCUT2D eigenvalue weighted by Gasteiger charge is 2.39. The Bertz CT molecular complexity index is 2320. The molecule has 5 atom stereocenters. The number of urea groups is 1. The number of hydrogen-bond acceptors (Lipinski definition) is 11. The van der Waals surface area contributed by atoms with E-state index in [1.807, 2.05) is 39.3 Å². The van der Waals surface area contributed by atoms with Crippen molar-refractivity contribution < 1.29 is 28.7 Å². The highest BCUT2D eigenvalue weighted by atomic mass is 32.1. The molecular weight excluding hydrogens is 819 g/mol. The summed E-state index contributed by atoms with van der Waals surface area (Å²) in [6, 6.07) is 7.60. The van der Waals surface area contributed by atoms with Crippen molar-refractivity contribution in [3.63, 3.8) is 0 Å². The molecular formula is C47H65N9O6S. The lowest BCUT2D eigenvalue weighted by molar-refractivity contribution is -0.155. The van der Waals surface area contributed by atoms with Crippen LogP contribution in [0.15, 0.2) is 41.9 Å². The van der Waals surface area contributed by atoms with E-state index in [9.17, 15) is 19.2 Å². The molecule has 2 fully saturated rings. The minimum absolute atomic E-state index is 0.0405. The summed E-state index contributed by atoms with van der Waals surface area (Å²) in [5.41, 5.74) is 9.40. The minimum atomic E-state index is -1.04. The van der Waals surface area contributed by atoms with Crippen molar-refractivity contribution in [1.29, 1.82) is 0 Å². The number of cyclic esters (lactones) is 1. The molecule has 0 aliphatic carbocycles. The Morgan fingerprint density at radius 3 is 2.60 bits per heavy atom. The monoisotopic (exact) mass is 883 g/mol. The van der Waals surface area contributed by atoms with Gasteiger partial charge in [0.05, 0.1) is 34.8 Å². The molecule has 340 valence electrons. The lowest BCUT2D eigenvalue weighted by Crippen LogP contribution is -2.62. The number of methoxy groups -OCH3 is 1. The molecule has 2 N–H and O–H groups in total. The van der Waals surface area contributed by atoms with Crippen LogP contribution in [0.3, 0.4) is 0 Å². The molecule has 4 aromatic rings. The lowest BCUT2D eigenvalue weighted by Gasteiger charge is -2.37. The van der Waals surface area contributed by atoms with Gasteiger partial charge in [-0.25, -0.2) is 15.2 Å². The predicted molar refractivity (Wildman–Crippen MR) is 245 cm³/mol. The number of nitrogens with zero attached hydrogens (tertiary/aromatic N) is 7. The van der Waals surface area contributed by atoms with Gasteiger partial charge in [0, 0.05) is 92.3 Å². The maximum atomic E-state index is 14.6. The number of pyridine rings is 1. The topological polar surface area (TPSA) is 154 Å². The number of rotatable bonds is 9. The van der Waals surface area contributed by atoms with Crippen molar-refractivity contribution >= 4 is 46.1 Å². The van der Waals surface area contributed by atoms with Crippen molar-refractivity contribution in [3.8, 4) is 22.5 Å². The first-order valence-electron chi connectivity index (χ1n) is 22.3. The Kier molecular flexibility index (Phi) is 13.9. The number of thiazole rings is 1. The molecule has 2 saturated heterocycles. The second-order valence-electron chi connectivity index (χ2n) is 18.7. The molecule has 15 nitrogen and oxygen atoms in total. The number of benzene rings is 1. The van der Waals surface area contributed by atoms with Gasteiger partial charge in [-0.3, -0.25) is 24.4 Å². The van der Waals surface area contributed by atoms with Crippen LogP contribution >= 0.6 is 11.3 Å². The zero-order valence-electron chi connectivity index (χ0n) is 38.6. The summed E-state index contributed by atoms with van der Waals surface area (Å²) in [6.45, 7) is 15.0. The lowest BCUT2D eigenvalue weighted by atomic mass is 9.84. The molecule has 0 radical (unpaired) electrons. The highest BCUT2D eigenvalue weighted by Crippen LogP contribution is 2.42. The molecule has 0 saturated carbocycles. The van der Waals surface area contributed by atoms with E-state index in [1.165, 1.54) is 21.2 Å². The van der Waals surface area contributed by atoms with Crippen molar-refractivity contribution in [2.45, 2.75) is 110 Å². The smallest absolute Gasteiger partial charge is 0.324 e. The number of aromatic nitrogens is 3. The predicted octanol–water partition coefficient (Wildman–Crippen LogP) is 5.91. The first kappa shape index (κ1) is 46.1. The van der Waals surface area contributed by atoms with Crippen molar-refractivity contribution in [1.82, 2.24) is 45.0 Å². The molecule has 1 aromatic carbocycles. The van der Waals surface area contributed by atoms with Gasteiger partial charge in [0.2, 0.25) is 5.91 Å². The van der Waals surface area contributed by atoms with E-state index in [1.54, 1.807) is 32.3 Å². The summed E-state index contributed by atoms with van der Waals surface area (Å²) in [5, 5.41) is 8.22. The number of ether oxygens (including phenoxy) is 2. The van der Waals surface area contributed by atoms with Crippen LogP contribution in [0.5, 0.6) is 0 Å². The molecule has 3 aliphatic rings. The van der Waals surface area contributed by atoms with Gasteiger partial charge >= 0.3 is 12.0 Å². The fourth-order valence-electron chi connectivity index (χ4n) is 9.50. The molecule has 7 rings (SSSR count). The van der Waals surface area contributed by atoms with Crippen LogP contribution in [-0.4, -0.2) is 137 Å². The Hall–Kier alpha value is -4.90. The zero-order valence-corrected chi connectivity index (χ0v) is 39.4. The van der Waals surface area contributed by atoms with Crippen molar-refractivity contribution in [2.75, 3.05) is 54.5 Å². The molecule has 16 heteroatoms. The second-order valence-corrected chi connectivity index (χ2v) is 19.6. The summed E-state index contributed by atoms with van der Waals surface area (Å²) < 4.78 is 14.2. The average molecular weight is 884 g/mol. The number of fused-ring (bicyclic) bond motifs is 6. The maximum Gasteiger partial charge on any atom is 0.324 e. The van der Waals surface area contributed by atoms with Gasteiger partial charge in [-0.1, -0.05) is 33.8 Å². The van der Waals surface area contributed by atoms with Gasteiger partial charge in [-0.15, -0.1) is 11.3 Å². The van der Waals surface area contributed by atoms with Crippen LogP contribution < -0.4 is 10.7 Å². The fraction of sp³-hybridized carbons (Fsp3) is 0.574. The van der Waals surface area contributed by atoms with Gasteiger partial charge in [0.15, 0.2) is 0 Å². The number of nitrogens with one attached hydrogen (secondary N) is 2. The van der Waals surface area contributed by atoms with E-state index in [0.717, 1.165) is 64.2 Å². The van der Waals surface area contributed by atoms with E-state index in [2.05, 4.69) is 65.2 Å². The van der Waals surface area contributed by atoms with Gasteiger partial charge < -0.3 is 34.1 Å². The van der Waals surface area contributed by atoms with E-state index in [-0.39, 0.29) is 37.1 Å². The van der Waals surface area contributed by atoms with E-state index in [4.69, 9.17) is 19.4 Å². The first-order valence-corrected chi connectivity index (χ1v) is 23.2. The third-order valence-corrected chi connectivity index (χ3v) is 13.9. The van der Waals surface area contributed by atoms with Gasteiger partial charge in [-0.05, 0) is 88.9 Å².